The lowest BCUT2D eigenvalue weighted by Crippen LogP contribution is -2.38. The summed E-state index contributed by atoms with van der Waals surface area (Å²) in [6, 6.07) is 6.02. The van der Waals surface area contributed by atoms with Crippen LogP contribution in [0.1, 0.15) is 21.5 Å². The number of carbonyl (C=O) groups is 2. The zero-order valence-corrected chi connectivity index (χ0v) is 17.4. The van der Waals surface area contributed by atoms with Crippen molar-refractivity contribution >= 4 is 11.9 Å². The molecule has 2 heterocycles. The van der Waals surface area contributed by atoms with Crippen molar-refractivity contribution in [2.75, 3.05) is 34.0 Å². The van der Waals surface area contributed by atoms with Gasteiger partial charge in [-0.15, -0.1) is 0 Å². The van der Waals surface area contributed by atoms with Gasteiger partial charge in [0, 0.05) is 25.4 Å². The molecule has 1 aliphatic heterocycles. The third kappa shape index (κ3) is 5.80. The first kappa shape index (κ1) is 23.2. The van der Waals surface area contributed by atoms with Crippen molar-refractivity contribution in [2.45, 2.75) is 19.1 Å². The highest BCUT2D eigenvalue weighted by atomic mass is 19.4. The topological polar surface area (TPSA) is 87.2 Å². The molecule has 0 saturated heterocycles. The van der Waals surface area contributed by atoms with Crippen LogP contribution in [0.3, 0.4) is 0 Å². The number of ether oxygens (including phenoxy) is 4. The first-order valence-electron chi connectivity index (χ1n) is 9.54. The van der Waals surface area contributed by atoms with E-state index in [1.807, 2.05) is 12.1 Å². The van der Waals surface area contributed by atoms with E-state index in [1.54, 1.807) is 12.0 Å². The van der Waals surface area contributed by atoms with Crippen molar-refractivity contribution in [2.24, 2.45) is 0 Å². The summed E-state index contributed by atoms with van der Waals surface area (Å²) in [4.78, 5) is 29.8. The van der Waals surface area contributed by atoms with Gasteiger partial charge in [0.05, 0.1) is 19.8 Å². The molecule has 0 saturated carbocycles. The molecule has 1 aromatic carbocycles. The fourth-order valence-electron chi connectivity index (χ4n) is 3.14. The maximum absolute atomic E-state index is 12.5. The molecule has 11 heteroatoms. The van der Waals surface area contributed by atoms with Crippen LogP contribution in [0.2, 0.25) is 0 Å². The molecule has 0 N–H and O–H groups in total. The van der Waals surface area contributed by atoms with Gasteiger partial charge in [0.15, 0.2) is 24.7 Å². The predicted molar refractivity (Wildman–Crippen MR) is 105 cm³/mol. The number of pyridine rings is 1. The second-order valence-corrected chi connectivity index (χ2v) is 6.91. The van der Waals surface area contributed by atoms with Crippen molar-refractivity contribution in [1.82, 2.24) is 9.88 Å². The second kappa shape index (κ2) is 9.75. The van der Waals surface area contributed by atoms with Gasteiger partial charge in [0.2, 0.25) is 5.88 Å². The normalized spacial score (nSPS) is 13.2. The van der Waals surface area contributed by atoms with Crippen LogP contribution >= 0.6 is 0 Å². The lowest BCUT2D eigenvalue weighted by molar-refractivity contribution is -0.154. The minimum atomic E-state index is -4.49. The number of carbonyl (C=O) groups excluding carboxylic acids is 2. The average Bonchev–Trinajstić information content (AvgIpc) is 2.79. The van der Waals surface area contributed by atoms with Crippen molar-refractivity contribution in [3.63, 3.8) is 0 Å². The van der Waals surface area contributed by atoms with E-state index >= 15 is 0 Å². The molecule has 1 aliphatic rings. The Morgan fingerprint density at radius 3 is 2.38 bits per heavy atom. The Labute approximate surface area is 181 Å². The SMILES string of the molecule is COc1cc2c(cc1OC)CN(C(=O)COC(=O)c1ccc(OCC(F)(F)F)nc1)CC2. The van der Waals surface area contributed by atoms with E-state index in [1.165, 1.54) is 13.2 Å². The van der Waals surface area contributed by atoms with Gasteiger partial charge in [-0.05, 0) is 35.7 Å². The zero-order chi connectivity index (χ0) is 23.3. The number of aromatic nitrogens is 1. The molecule has 172 valence electrons. The van der Waals surface area contributed by atoms with E-state index in [-0.39, 0.29) is 17.4 Å². The van der Waals surface area contributed by atoms with Crippen LogP contribution in [0.25, 0.3) is 0 Å². The van der Waals surface area contributed by atoms with Gasteiger partial charge in [-0.3, -0.25) is 4.79 Å². The molecular formula is C21H21F3N2O6. The van der Waals surface area contributed by atoms with Crippen LogP contribution in [-0.4, -0.2) is 61.9 Å². The van der Waals surface area contributed by atoms with Crippen molar-refractivity contribution in [1.29, 1.82) is 0 Å². The molecular weight excluding hydrogens is 433 g/mol. The molecule has 0 bridgehead atoms. The van der Waals surface area contributed by atoms with Crippen LogP contribution in [0.4, 0.5) is 13.2 Å². The van der Waals surface area contributed by atoms with E-state index in [0.29, 0.717) is 31.0 Å². The molecule has 0 atom stereocenters. The van der Waals surface area contributed by atoms with E-state index in [9.17, 15) is 22.8 Å². The van der Waals surface area contributed by atoms with Crippen molar-refractivity contribution < 1.29 is 41.7 Å². The molecule has 0 fully saturated rings. The minimum Gasteiger partial charge on any atom is -0.493 e. The van der Waals surface area contributed by atoms with Crippen LogP contribution in [0.15, 0.2) is 30.5 Å². The predicted octanol–water partition coefficient (Wildman–Crippen LogP) is 2.78. The van der Waals surface area contributed by atoms with Crippen LogP contribution in [-0.2, 0) is 22.5 Å². The van der Waals surface area contributed by atoms with Gasteiger partial charge < -0.3 is 23.8 Å². The summed E-state index contributed by atoms with van der Waals surface area (Å²) in [5.41, 5.74) is 1.94. The van der Waals surface area contributed by atoms with E-state index < -0.39 is 25.4 Å². The number of alkyl halides is 3. The van der Waals surface area contributed by atoms with E-state index in [4.69, 9.17) is 14.2 Å². The average molecular weight is 454 g/mol. The van der Waals surface area contributed by atoms with Gasteiger partial charge in [0.1, 0.15) is 0 Å². The molecule has 0 unspecified atom stereocenters. The van der Waals surface area contributed by atoms with Gasteiger partial charge in [-0.1, -0.05) is 0 Å². The summed E-state index contributed by atoms with van der Waals surface area (Å²) in [6.45, 7) is -1.19. The summed E-state index contributed by atoms with van der Waals surface area (Å²) in [7, 11) is 3.08. The number of esters is 1. The summed E-state index contributed by atoms with van der Waals surface area (Å²) >= 11 is 0. The maximum atomic E-state index is 12.5. The standard InChI is InChI=1S/C21H21F3N2O6/c1-29-16-7-13-5-6-26(10-15(13)8-17(16)30-2)19(27)11-31-20(28)14-3-4-18(25-9-14)32-12-21(22,23)24/h3-4,7-9H,5-6,10-12H2,1-2H3. The van der Waals surface area contributed by atoms with Gasteiger partial charge in [-0.2, -0.15) is 13.2 Å². The number of halogens is 3. The number of nitrogens with zero attached hydrogens (tertiary/aromatic N) is 2. The first-order valence-corrected chi connectivity index (χ1v) is 9.54. The van der Waals surface area contributed by atoms with Crippen LogP contribution < -0.4 is 14.2 Å². The smallest absolute Gasteiger partial charge is 0.422 e. The molecule has 1 amide bonds. The maximum Gasteiger partial charge on any atom is 0.422 e. The highest BCUT2D eigenvalue weighted by Crippen LogP contribution is 2.33. The van der Waals surface area contributed by atoms with Gasteiger partial charge >= 0.3 is 12.1 Å². The molecule has 32 heavy (non-hydrogen) atoms. The number of fused-ring (bicyclic) bond motifs is 1. The summed E-state index contributed by atoms with van der Waals surface area (Å²) in [5, 5.41) is 0. The van der Waals surface area contributed by atoms with Crippen molar-refractivity contribution in [3.8, 4) is 17.4 Å². The first-order chi connectivity index (χ1) is 15.2. The highest BCUT2D eigenvalue weighted by molar-refractivity contribution is 5.91. The van der Waals surface area contributed by atoms with E-state index in [2.05, 4.69) is 9.72 Å². The lowest BCUT2D eigenvalue weighted by Gasteiger charge is -2.29. The molecule has 0 aliphatic carbocycles. The van der Waals surface area contributed by atoms with Gasteiger partial charge in [-0.25, -0.2) is 9.78 Å². The Bertz CT molecular complexity index is 979. The third-order valence-corrected chi connectivity index (χ3v) is 4.75. The Morgan fingerprint density at radius 2 is 1.78 bits per heavy atom. The Balaban J connectivity index is 1.54. The quantitative estimate of drug-likeness (QED) is 0.595. The monoisotopic (exact) mass is 454 g/mol. The Kier molecular flexibility index (Phi) is 7.06. The van der Waals surface area contributed by atoms with Crippen LogP contribution in [0, 0.1) is 0 Å². The van der Waals surface area contributed by atoms with Gasteiger partial charge in [0.25, 0.3) is 5.91 Å². The summed E-state index contributed by atoms with van der Waals surface area (Å²) in [6.07, 6.45) is -2.86. The Hall–Kier alpha value is -3.50. The second-order valence-electron chi connectivity index (χ2n) is 6.91. The number of hydrogen-bond acceptors (Lipinski definition) is 7. The molecule has 0 spiro atoms. The minimum absolute atomic E-state index is 0.0158. The lowest BCUT2D eigenvalue weighted by atomic mass is 9.99. The molecule has 3 rings (SSSR count). The van der Waals surface area contributed by atoms with E-state index in [0.717, 1.165) is 23.4 Å². The summed E-state index contributed by atoms with van der Waals surface area (Å²) in [5.74, 6) is -0.312. The number of rotatable bonds is 7. The number of benzene rings is 1. The number of hydrogen-bond donors (Lipinski definition) is 0. The fourth-order valence-corrected chi connectivity index (χ4v) is 3.14. The number of amides is 1. The fraction of sp³-hybridized carbons (Fsp3) is 0.381. The highest BCUT2D eigenvalue weighted by Gasteiger charge is 2.29. The third-order valence-electron chi connectivity index (χ3n) is 4.75. The molecule has 8 nitrogen and oxygen atoms in total. The molecule has 1 aromatic heterocycles. The number of methoxy groups -OCH3 is 2. The molecule has 0 radical (unpaired) electrons. The Morgan fingerprint density at radius 1 is 1.09 bits per heavy atom. The zero-order valence-electron chi connectivity index (χ0n) is 17.4. The summed E-state index contributed by atoms with van der Waals surface area (Å²) < 4.78 is 56.6. The largest absolute Gasteiger partial charge is 0.493 e. The molecule has 2 aromatic rings. The van der Waals surface area contributed by atoms with Crippen molar-refractivity contribution in [3.05, 3.63) is 47.2 Å². The van der Waals surface area contributed by atoms with Crippen LogP contribution in [0.5, 0.6) is 17.4 Å².